The molecule has 2 aromatic rings. The van der Waals surface area contributed by atoms with Crippen molar-refractivity contribution >= 4 is 10.0 Å². The van der Waals surface area contributed by atoms with E-state index in [4.69, 9.17) is 13.9 Å². The third-order valence-electron chi connectivity index (χ3n) is 3.96. The topological polar surface area (TPSA) is 94.8 Å². The van der Waals surface area contributed by atoms with E-state index in [9.17, 15) is 8.42 Å². The quantitative estimate of drug-likeness (QED) is 0.764. The Morgan fingerprint density at radius 2 is 2.12 bits per heavy atom. The van der Waals surface area contributed by atoms with Gasteiger partial charge in [0.05, 0.1) is 12.9 Å². The highest BCUT2D eigenvalue weighted by Gasteiger charge is 2.31. The van der Waals surface area contributed by atoms with E-state index in [1.54, 1.807) is 0 Å². The lowest BCUT2D eigenvalue weighted by Crippen LogP contribution is -2.41. The fourth-order valence-corrected chi connectivity index (χ4v) is 3.42. The van der Waals surface area contributed by atoms with Crippen molar-refractivity contribution in [3.8, 4) is 5.75 Å². The summed E-state index contributed by atoms with van der Waals surface area (Å²) in [4.78, 5) is 0. The number of aryl methyl sites for hydroxylation is 1. The SMILES string of the molecule is CCc1ccccc1OCc1nnc([C@H]2CN(S(C)(=O)=O)CCO2)o1. The molecule has 2 heterocycles. The van der Waals surface area contributed by atoms with Gasteiger partial charge in [0.1, 0.15) is 11.9 Å². The zero-order chi connectivity index (χ0) is 17.9. The smallest absolute Gasteiger partial charge is 0.254 e. The molecule has 1 aromatic carbocycles. The summed E-state index contributed by atoms with van der Waals surface area (Å²) in [6.45, 7) is 2.98. The van der Waals surface area contributed by atoms with Crippen LogP contribution in [0.4, 0.5) is 0 Å². The number of ether oxygens (including phenoxy) is 2. The van der Waals surface area contributed by atoms with Crippen LogP contribution in [-0.4, -0.2) is 48.9 Å². The van der Waals surface area contributed by atoms with Crippen LogP contribution in [0, 0.1) is 0 Å². The average molecular weight is 367 g/mol. The first-order chi connectivity index (χ1) is 12.0. The Morgan fingerprint density at radius 3 is 2.88 bits per heavy atom. The summed E-state index contributed by atoms with van der Waals surface area (Å²) in [7, 11) is -3.28. The highest BCUT2D eigenvalue weighted by Crippen LogP contribution is 2.24. The molecule has 1 aliphatic heterocycles. The molecule has 0 saturated carbocycles. The van der Waals surface area contributed by atoms with Gasteiger partial charge in [0.15, 0.2) is 6.61 Å². The maximum Gasteiger partial charge on any atom is 0.254 e. The number of hydrogen-bond donors (Lipinski definition) is 0. The molecule has 3 rings (SSSR count). The first-order valence-electron chi connectivity index (χ1n) is 8.07. The van der Waals surface area contributed by atoms with Gasteiger partial charge in [-0.25, -0.2) is 8.42 Å². The molecule has 0 spiro atoms. The van der Waals surface area contributed by atoms with E-state index in [-0.39, 0.29) is 25.6 Å². The van der Waals surface area contributed by atoms with Crippen LogP contribution in [0.1, 0.15) is 30.4 Å². The number of hydrogen-bond acceptors (Lipinski definition) is 7. The van der Waals surface area contributed by atoms with Crippen LogP contribution < -0.4 is 4.74 Å². The molecular formula is C16H21N3O5S. The molecule has 0 bridgehead atoms. The van der Waals surface area contributed by atoms with Gasteiger partial charge in [-0.15, -0.1) is 10.2 Å². The normalized spacial score (nSPS) is 19.0. The molecular weight excluding hydrogens is 346 g/mol. The van der Waals surface area contributed by atoms with Gasteiger partial charge in [0.2, 0.25) is 15.9 Å². The first-order valence-corrected chi connectivity index (χ1v) is 9.92. The van der Waals surface area contributed by atoms with Gasteiger partial charge in [-0.3, -0.25) is 0 Å². The van der Waals surface area contributed by atoms with Crippen molar-refractivity contribution in [1.29, 1.82) is 0 Å². The number of nitrogens with zero attached hydrogens (tertiary/aromatic N) is 3. The second kappa shape index (κ2) is 7.51. The molecule has 9 heteroatoms. The molecule has 1 atom stereocenters. The maximum absolute atomic E-state index is 11.7. The third-order valence-corrected chi connectivity index (χ3v) is 5.23. The molecule has 0 radical (unpaired) electrons. The number of para-hydroxylation sites is 1. The zero-order valence-corrected chi connectivity index (χ0v) is 15.0. The molecule has 1 aliphatic rings. The predicted octanol–water partition coefficient (Wildman–Crippen LogP) is 1.54. The van der Waals surface area contributed by atoms with Crippen LogP contribution in [0.25, 0.3) is 0 Å². The van der Waals surface area contributed by atoms with E-state index >= 15 is 0 Å². The van der Waals surface area contributed by atoms with Crippen molar-refractivity contribution in [2.45, 2.75) is 26.1 Å². The monoisotopic (exact) mass is 367 g/mol. The molecule has 1 aromatic heterocycles. The Hall–Kier alpha value is -1.97. The molecule has 0 unspecified atom stereocenters. The van der Waals surface area contributed by atoms with Crippen LogP contribution >= 0.6 is 0 Å². The van der Waals surface area contributed by atoms with Crippen LogP contribution in [-0.2, 0) is 27.8 Å². The van der Waals surface area contributed by atoms with Gasteiger partial charge >= 0.3 is 0 Å². The largest absolute Gasteiger partial charge is 0.484 e. The lowest BCUT2D eigenvalue weighted by atomic mass is 10.1. The van der Waals surface area contributed by atoms with Crippen molar-refractivity contribution in [2.24, 2.45) is 0 Å². The van der Waals surface area contributed by atoms with Gasteiger partial charge < -0.3 is 13.9 Å². The first kappa shape index (κ1) is 17.8. The fourth-order valence-electron chi connectivity index (χ4n) is 2.61. The molecule has 136 valence electrons. The zero-order valence-electron chi connectivity index (χ0n) is 14.2. The van der Waals surface area contributed by atoms with Crippen LogP contribution in [0.3, 0.4) is 0 Å². The fraction of sp³-hybridized carbons (Fsp3) is 0.500. The minimum absolute atomic E-state index is 0.145. The molecule has 25 heavy (non-hydrogen) atoms. The average Bonchev–Trinajstić information content (AvgIpc) is 3.08. The third kappa shape index (κ3) is 4.36. The van der Waals surface area contributed by atoms with Gasteiger partial charge in [-0.2, -0.15) is 4.31 Å². The van der Waals surface area contributed by atoms with Gasteiger partial charge in [0.25, 0.3) is 5.89 Å². The summed E-state index contributed by atoms with van der Waals surface area (Å²) >= 11 is 0. The Morgan fingerprint density at radius 1 is 1.32 bits per heavy atom. The summed E-state index contributed by atoms with van der Waals surface area (Å²) in [6.07, 6.45) is 1.48. The van der Waals surface area contributed by atoms with Crippen molar-refractivity contribution in [3.05, 3.63) is 41.6 Å². The summed E-state index contributed by atoms with van der Waals surface area (Å²) in [5.74, 6) is 1.36. The number of rotatable bonds is 6. The Bertz CT molecular complexity index is 821. The molecule has 1 fully saturated rings. The lowest BCUT2D eigenvalue weighted by molar-refractivity contribution is -0.0180. The second-order valence-corrected chi connectivity index (χ2v) is 7.75. The van der Waals surface area contributed by atoms with Crippen molar-refractivity contribution in [2.75, 3.05) is 26.0 Å². The Kier molecular flexibility index (Phi) is 5.36. The number of morpholine rings is 1. The lowest BCUT2D eigenvalue weighted by Gasteiger charge is -2.29. The van der Waals surface area contributed by atoms with Crippen LogP contribution in [0.5, 0.6) is 5.75 Å². The summed E-state index contributed by atoms with van der Waals surface area (Å²) in [5.41, 5.74) is 1.10. The standard InChI is InChI=1S/C16H21N3O5S/c1-3-12-6-4-5-7-13(12)23-11-15-17-18-16(24-15)14-10-19(8-9-22-14)25(2,20)21/h4-7,14H,3,8-11H2,1-2H3/t14-/m1/s1. The van der Waals surface area contributed by atoms with Crippen molar-refractivity contribution in [1.82, 2.24) is 14.5 Å². The van der Waals surface area contributed by atoms with Gasteiger partial charge in [-0.1, -0.05) is 25.1 Å². The number of aromatic nitrogens is 2. The molecule has 1 saturated heterocycles. The van der Waals surface area contributed by atoms with Gasteiger partial charge in [-0.05, 0) is 18.1 Å². The van der Waals surface area contributed by atoms with Crippen LogP contribution in [0.15, 0.2) is 28.7 Å². The Balaban J connectivity index is 1.64. The van der Waals surface area contributed by atoms with Crippen molar-refractivity contribution < 1.29 is 22.3 Å². The summed E-state index contributed by atoms with van der Waals surface area (Å²) in [6, 6.07) is 7.77. The minimum atomic E-state index is -3.28. The maximum atomic E-state index is 11.7. The van der Waals surface area contributed by atoms with Gasteiger partial charge in [0, 0.05) is 13.1 Å². The summed E-state index contributed by atoms with van der Waals surface area (Å²) in [5, 5.41) is 7.93. The van der Waals surface area contributed by atoms with Crippen LogP contribution in [0.2, 0.25) is 0 Å². The highest BCUT2D eigenvalue weighted by molar-refractivity contribution is 7.88. The molecule has 0 aliphatic carbocycles. The minimum Gasteiger partial charge on any atom is -0.484 e. The van der Waals surface area contributed by atoms with Crippen molar-refractivity contribution in [3.63, 3.8) is 0 Å². The number of sulfonamides is 1. The molecule has 0 amide bonds. The highest BCUT2D eigenvalue weighted by atomic mass is 32.2. The molecule has 8 nitrogen and oxygen atoms in total. The van der Waals surface area contributed by atoms with E-state index in [0.29, 0.717) is 12.4 Å². The number of benzene rings is 1. The predicted molar refractivity (Wildman–Crippen MR) is 89.6 cm³/mol. The second-order valence-electron chi connectivity index (χ2n) is 5.76. The molecule has 0 N–H and O–H groups in total. The summed E-state index contributed by atoms with van der Waals surface area (Å²) < 4.78 is 41.6. The van der Waals surface area contributed by atoms with E-state index in [0.717, 1.165) is 17.7 Å². The van der Waals surface area contributed by atoms with E-state index in [1.165, 1.54) is 10.6 Å². The van der Waals surface area contributed by atoms with E-state index in [2.05, 4.69) is 17.1 Å². The van der Waals surface area contributed by atoms with E-state index < -0.39 is 16.1 Å². The van der Waals surface area contributed by atoms with E-state index in [1.807, 2.05) is 24.3 Å². The Labute approximate surface area is 146 Å².